The Balaban J connectivity index is 0.000000175. The van der Waals surface area contributed by atoms with E-state index in [2.05, 4.69) is 10.0 Å². The van der Waals surface area contributed by atoms with Gasteiger partial charge in [-0.2, -0.15) is 0 Å². The summed E-state index contributed by atoms with van der Waals surface area (Å²) in [6, 6.07) is 18.5. The normalized spacial score (nSPS) is 23.9. The van der Waals surface area contributed by atoms with Gasteiger partial charge in [0.1, 0.15) is 19.3 Å². The first kappa shape index (κ1) is 26.3. The number of azide groups is 1. The quantitative estimate of drug-likeness (QED) is 0.281. The van der Waals surface area contributed by atoms with Crippen LogP contribution in [0.15, 0.2) is 65.8 Å². The SMILES string of the molecule is O=C(OCc1ccccc1)N1CCC2OC2C1.[N-]=[N+]=N[C@@H]1CN(C(=O)OCc2ccccc2)CC[C@H]1O. The minimum absolute atomic E-state index is 0.179. The third-order valence-corrected chi connectivity index (χ3v) is 6.44. The summed E-state index contributed by atoms with van der Waals surface area (Å²) in [5.41, 5.74) is 10.3. The zero-order valence-electron chi connectivity index (χ0n) is 20.5. The second kappa shape index (κ2) is 13.0. The number of piperidine rings is 2. The van der Waals surface area contributed by atoms with Crippen LogP contribution in [0.3, 0.4) is 0 Å². The lowest BCUT2D eigenvalue weighted by molar-refractivity contribution is 0.0442. The van der Waals surface area contributed by atoms with Crippen molar-refractivity contribution in [1.82, 2.24) is 9.80 Å². The minimum atomic E-state index is -0.705. The predicted octanol–water partition coefficient (Wildman–Crippen LogP) is 3.87. The molecule has 11 heteroatoms. The van der Waals surface area contributed by atoms with Gasteiger partial charge in [-0.1, -0.05) is 65.8 Å². The summed E-state index contributed by atoms with van der Waals surface area (Å²) in [6.45, 7) is 2.54. The predicted molar refractivity (Wildman–Crippen MR) is 133 cm³/mol. The molecule has 2 unspecified atom stereocenters. The lowest BCUT2D eigenvalue weighted by atomic mass is 10.0. The number of aliphatic hydroxyl groups excluding tert-OH is 1. The van der Waals surface area contributed by atoms with E-state index in [9.17, 15) is 14.7 Å². The van der Waals surface area contributed by atoms with Crippen molar-refractivity contribution in [3.63, 3.8) is 0 Å². The molecule has 0 aliphatic carbocycles. The Hall–Kier alpha value is -3.79. The minimum Gasteiger partial charge on any atom is -0.445 e. The van der Waals surface area contributed by atoms with E-state index >= 15 is 0 Å². The molecule has 11 nitrogen and oxygen atoms in total. The molecule has 2 aromatic carbocycles. The van der Waals surface area contributed by atoms with Crippen molar-refractivity contribution in [3.05, 3.63) is 82.2 Å². The highest BCUT2D eigenvalue weighted by Crippen LogP contribution is 2.30. The number of fused-ring (bicyclic) bond motifs is 1. The first-order valence-corrected chi connectivity index (χ1v) is 12.3. The second-order valence-electron chi connectivity index (χ2n) is 9.10. The molecule has 0 aromatic heterocycles. The van der Waals surface area contributed by atoms with E-state index < -0.39 is 18.2 Å². The lowest BCUT2D eigenvalue weighted by Gasteiger charge is -2.33. The van der Waals surface area contributed by atoms with Gasteiger partial charge in [0, 0.05) is 24.5 Å². The molecule has 0 bridgehead atoms. The largest absolute Gasteiger partial charge is 0.445 e. The summed E-state index contributed by atoms with van der Waals surface area (Å²) < 4.78 is 15.8. The number of likely N-dealkylation sites (tertiary alicyclic amines) is 2. The fraction of sp³-hybridized carbons (Fsp3) is 0.462. The van der Waals surface area contributed by atoms with Crippen molar-refractivity contribution in [2.45, 2.75) is 50.4 Å². The smallest absolute Gasteiger partial charge is 0.410 e. The molecule has 5 rings (SSSR count). The highest BCUT2D eigenvalue weighted by Gasteiger charge is 2.44. The molecule has 3 aliphatic rings. The van der Waals surface area contributed by atoms with E-state index in [-0.39, 0.29) is 25.3 Å². The van der Waals surface area contributed by atoms with Gasteiger partial charge in [0.15, 0.2) is 0 Å². The van der Waals surface area contributed by atoms with Gasteiger partial charge in [-0.05, 0) is 29.5 Å². The first-order chi connectivity index (χ1) is 18.0. The standard InChI is InChI=1S/C13H16N4O3.C13H15NO3/c14-16-15-11-8-17(7-6-12(11)18)13(19)20-9-10-4-2-1-3-5-10;15-13(14-7-6-11-12(8-14)17-11)16-9-10-4-2-1-3-5-10/h1-5,11-12,18H,6-9H2;1-5,11-12H,6-9H2/t11-,12-;/m1./s1. The number of amides is 2. The van der Waals surface area contributed by atoms with Crippen molar-refractivity contribution in [3.8, 4) is 0 Å². The number of nitrogens with zero attached hydrogens (tertiary/aromatic N) is 5. The van der Waals surface area contributed by atoms with Gasteiger partial charge < -0.3 is 29.1 Å². The maximum absolute atomic E-state index is 11.9. The van der Waals surface area contributed by atoms with Gasteiger partial charge in [0.25, 0.3) is 0 Å². The van der Waals surface area contributed by atoms with Crippen LogP contribution in [0.1, 0.15) is 24.0 Å². The van der Waals surface area contributed by atoms with Gasteiger partial charge in [-0.3, -0.25) is 0 Å². The summed E-state index contributed by atoms with van der Waals surface area (Å²) >= 11 is 0. The summed E-state index contributed by atoms with van der Waals surface area (Å²) in [4.78, 5) is 29.6. The van der Waals surface area contributed by atoms with Gasteiger partial charge in [-0.25, -0.2) is 9.59 Å². The van der Waals surface area contributed by atoms with Gasteiger partial charge in [0.05, 0.1) is 24.8 Å². The molecule has 0 radical (unpaired) electrons. The van der Waals surface area contributed by atoms with Crippen LogP contribution in [0.4, 0.5) is 9.59 Å². The monoisotopic (exact) mass is 509 g/mol. The van der Waals surface area contributed by atoms with Crippen molar-refractivity contribution in [2.24, 2.45) is 5.11 Å². The highest BCUT2D eigenvalue weighted by atomic mass is 16.6. The van der Waals surface area contributed by atoms with E-state index in [1.807, 2.05) is 60.7 Å². The van der Waals surface area contributed by atoms with Crippen molar-refractivity contribution >= 4 is 12.2 Å². The number of ether oxygens (including phenoxy) is 3. The van der Waals surface area contributed by atoms with E-state index in [4.69, 9.17) is 19.7 Å². The Bertz CT molecular complexity index is 1080. The topological polar surface area (TPSA) is 141 Å². The molecule has 196 valence electrons. The van der Waals surface area contributed by atoms with Crippen LogP contribution in [-0.2, 0) is 27.4 Å². The molecular weight excluding hydrogens is 478 g/mol. The molecule has 4 atom stereocenters. The van der Waals surface area contributed by atoms with Crippen molar-refractivity contribution in [2.75, 3.05) is 26.2 Å². The summed E-state index contributed by atoms with van der Waals surface area (Å²) in [7, 11) is 0. The highest BCUT2D eigenvalue weighted by molar-refractivity contribution is 5.68. The second-order valence-corrected chi connectivity index (χ2v) is 9.10. The number of aliphatic hydroxyl groups is 1. The Morgan fingerprint density at radius 2 is 1.43 bits per heavy atom. The van der Waals surface area contributed by atoms with E-state index in [1.54, 1.807) is 4.90 Å². The zero-order chi connectivity index (χ0) is 26.0. The summed E-state index contributed by atoms with van der Waals surface area (Å²) in [5.74, 6) is 0. The average molecular weight is 510 g/mol. The van der Waals surface area contributed by atoms with E-state index in [1.165, 1.54) is 4.90 Å². The third kappa shape index (κ3) is 7.85. The van der Waals surface area contributed by atoms with Gasteiger partial charge >= 0.3 is 12.2 Å². The number of benzene rings is 2. The number of hydrogen-bond donors (Lipinski definition) is 1. The summed E-state index contributed by atoms with van der Waals surface area (Å²) in [5, 5.41) is 13.2. The number of carbonyl (C=O) groups excluding carboxylic acids is 2. The fourth-order valence-electron chi connectivity index (χ4n) is 4.24. The maximum atomic E-state index is 11.9. The fourth-order valence-corrected chi connectivity index (χ4v) is 4.24. The van der Waals surface area contributed by atoms with Crippen LogP contribution in [0.5, 0.6) is 0 Å². The number of epoxide rings is 1. The Kier molecular flexibility index (Phi) is 9.20. The average Bonchev–Trinajstić information content (AvgIpc) is 3.72. The maximum Gasteiger partial charge on any atom is 0.410 e. The third-order valence-electron chi connectivity index (χ3n) is 6.44. The Morgan fingerprint density at radius 3 is 1.97 bits per heavy atom. The number of rotatable bonds is 5. The molecular formula is C26H31N5O6. The molecule has 2 aromatic rings. The van der Waals surface area contributed by atoms with Crippen LogP contribution >= 0.6 is 0 Å². The van der Waals surface area contributed by atoms with E-state index in [0.29, 0.717) is 32.2 Å². The summed E-state index contributed by atoms with van der Waals surface area (Å²) in [6.07, 6.45) is 0.571. The van der Waals surface area contributed by atoms with Crippen molar-refractivity contribution in [1.29, 1.82) is 0 Å². The molecule has 37 heavy (non-hydrogen) atoms. The van der Waals surface area contributed by atoms with Gasteiger partial charge in [0.2, 0.25) is 0 Å². The van der Waals surface area contributed by atoms with Crippen molar-refractivity contribution < 1.29 is 28.9 Å². The van der Waals surface area contributed by atoms with Crippen LogP contribution < -0.4 is 0 Å². The molecule has 1 N–H and O–H groups in total. The zero-order valence-corrected chi connectivity index (χ0v) is 20.5. The number of carbonyl (C=O) groups is 2. The molecule has 2 amide bonds. The first-order valence-electron chi connectivity index (χ1n) is 12.3. The lowest BCUT2D eigenvalue weighted by Crippen LogP contribution is -2.48. The van der Waals surface area contributed by atoms with Crippen LogP contribution in [0.2, 0.25) is 0 Å². The molecule has 3 aliphatic heterocycles. The molecule has 0 spiro atoms. The molecule has 3 heterocycles. The molecule has 0 saturated carbocycles. The van der Waals surface area contributed by atoms with Crippen LogP contribution in [0.25, 0.3) is 10.4 Å². The van der Waals surface area contributed by atoms with Gasteiger partial charge in [-0.15, -0.1) is 0 Å². The van der Waals surface area contributed by atoms with E-state index in [0.717, 1.165) is 24.1 Å². The Labute approximate surface area is 215 Å². The number of hydrogen-bond acceptors (Lipinski definition) is 7. The van der Waals surface area contributed by atoms with Crippen LogP contribution in [-0.4, -0.2) is 77.6 Å². The molecule has 3 saturated heterocycles. The molecule has 3 fully saturated rings. The van der Waals surface area contributed by atoms with Crippen LogP contribution in [0, 0.1) is 0 Å². The Morgan fingerprint density at radius 1 is 0.892 bits per heavy atom.